The molecule has 1 nitrogen and oxygen atoms in total. The van der Waals surface area contributed by atoms with Crippen LogP contribution >= 0.6 is 0 Å². The van der Waals surface area contributed by atoms with Crippen molar-refractivity contribution in [1.82, 2.24) is 0 Å². The highest BCUT2D eigenvalue weighted by atomic mass is 19.1. The molecular weight excluding hydrogens is 225 g/mol. The first kappa shape index (κ1) is 12.8. The van der Waals surface area contributed by atoms with Crippen LogP contribution in [0, 0.1) is 19.7 Å². The van der Waals surface area contributed by atoms with Crippen LogP contribution in [0.25, 0.3) is 0 Å². The Balaban J connectivity index is 2.28. The fourth-order valence-electron chi connectivity index (χ4n) is 2.42. The van der Waals surface area contributed by atoms with Gasteiger partial charge < -0.3 is 5.73 Å². The molecule has 1 unspecified atom stereocenters. The van der Waals surface area contributed by atoms with E-state index in [9.17, 15) is 4.39 Å². The zero-order valence-electron chi connectivity index (χ0n) is 10.8. The predicted octanol–water partition coefficient (Wildman–Crippen LogP) is 3.69. The van der Waals surface area contributed by atoms with Crippen LogP contribution in [0.2, 0.25) is 0 Å². The first-order chi connectivity index (χ1) is 8.59. The molecule has 18 heavy (non-hydrogen) atoms. The van der Waals surface area contributed by atoms with Crippen LogP contribution < -0.4 is 5.73 Å². The Kier molecular flexibility index (Phi) is 3.78. The van der Waals surface area contributed by atoms with Gasteiger partial charge in [-0.1, -0.05) is 36.4 Å². The van der Waals surface area contributed by atoms with Gasteiger partial charge in [-0.15, -0.1) is 0 Å². The molecular formula is C16H18FN. The Bertz CT molecular complexity index is 528. The zero-order chi connectivity index (χ0) is 13.1. The van der Waals surface area contributed by atoms with Gasteiger partial charge in [-0.2, -0.15) is 0 Å². The Hall–Kier alpha value is -1.67. The summed E-state index contributed by atoms with van der Waals surface area (Å²) < 4.78 is 13.6. The quantitative estimate of drug-likeness (QED) is 0.874. The van der Waals surface area contributed by atoms with Crippen LogP contribution in [0.15, 0.2) is 42.5 Å². The molecule has 0 radical (unpaired) electrons. The van der Waals surface area contributed by atoms with Gasteiger partial charge in [0, 0.05) is 6.04 Å². The van der Waals surface area contributed by atoms with Gasteiger partial charge in [0.15, 0.2) is 0 Å². The van der Waals surface area contributed by atoms with E-state index in [4.69, 9.17) is 5.73 Å². The zero-order valence-corrected chi connectivity index (χ0v) is 10.8. The third kappa shape index (κ3) is 2.59. The minimum atomic E-state index is -0.181. The summed E-state index contributed by atoms with van der Waals surface area (Å²) >= 11 is 0. The number of hydrogen-bond acceptors (Lipinski definition) is 1. The van der Waals surface area contributed by atoms with Crippen molar-refractivity contribution in [3.8, 4) is 0 Å². The van der Waals surface area contributed by atoms with E-state index in [2.05, 4.69) is 0 Å². The van der Waals surface area contributed by atoms with Crippen LogP contribution in [0.4, 0.5) is 4.39 Å². The van der Waals surface area contributed by atoms with E-state index in [-0.39, 0.29) is 11.9 Å². The van der Waals surface area contributed by atoms with Crippen molar-refractivity contribution in [2.45, 2.75) is 26.3 Å². The van der Waals surface area contributed by atoms with E-state index in [0.717, 1.165) is 5.56 Å². The van der Waals surface area contributed by atoms with Crippen LogP contribution in [-0.2, 0) is 6.42 Å². The van der Waals surface area contributed by atoms with E-state index in [0.29, 0.717) is 12.0 Å². The lowest BCUT2D eigenvalue weighted by Crippen LogP contribution is -2.16. The molecule has 2 heteroatoms. The SMILES string of the molecule is Cc1cccc(C)c1C(N)Cc1ccccc1F. The van der Waals surface area contributed by atoms with Crippen LogP contribution in [0.5, 0.6) is 0 Å². The molecule has 0 saturated heterocycles. The summed E-state index contributed by atoms with van der Waals surface area (Å²) in [5.41, 5.74) is 10.4. The summed E-state index contributed by atoms with van der Waals surface area (Å²) in [5, 5.41) is 0. The molecule has 0 saturated carbocycles. The summed E-state index contributed by atoms with van der Waals surface area (Å²) in [6.45, 7) is 4.09. The van der Waals surface area contributed by atoms with Crippen LogP contribution in [-0.4, -0.2) is 0 Å². The first-order valence-corrected chi connectivity index (χ1v) is 6.14. The van der Waals surface area contributed by atoms with Gasteiger partial charge in [0.05, 0.1) is 0 Å². The molecule has 1 atom stereocenters. The van der Waals surface area contributed by atoms with Crippen molar-refractivity contribution in [1.29, 1.82) is 0 Å². The highest BCUT2D eigenvalue weighted by molar-refractivity contribution is 5.37. The molecule has 0 amide bonds. The first-order valence-electron chi connectivity index (χ1n) is 6.14. The number of halogens is 1. The second-order valence-corrected chi connectivity index (χ2v) is 4.71. The summed E-state index contributed by atoms with van der Waals surface area (Å²) in [5.74, 6) is -0.181. The van der Waals surface area contributed by atoms with E-state index in [1.807, 2.05) is 38.1 Å². The lowest BCUT2D eigenvalue weighted by molar-refractivity contribution is 0.592. The highest BCUT2D eigenvalue weighted by Gasteiger charge is 2.13. The Morgan fingerprint density at radius 2 is 1.61 bits per heavy atom. The molecule has 2 aromatic carbocycles. The maximum Gasteiger partial charge on any atom is 0.126 e. The van der Waals surface area contributed by atoms with Gasteiger partial charge in [-0.05, 0) is 48.6 Å². The van der Waals surface area contributed by atoms with Crippen molar-refractivity contribution in [2.24, 2.45) is 5.73 Å². The van der Waals surface area contributed by atoms with Crippen molar-refractivity contribution in [3.05, 3.63) is 70.5 Å². The van der Waals surface area contributed by atoms with Crippen LogP contribution in [0.3, 0.4) is 0 Å². The number of nitrogens with two attached hydrogens (primary N) is 1. The third-order valence-electron chi connectivity index (χ3n) is 3.31. The highest BCUT2D eigenvalue weighted by Crippen LogP contribution is 2.24. The standard InChI is InChI=1S/C16H18FN/c1-11-6-5-7-12(2)16(11)15(18)10-13-8-3-4-9-14(13)17/h3-9,15H,10,18H2,1-2H3. The second kappa shape index (κ2) is 5.32. The van der Waals surface area contributed by atoms with Crippen molar-refractivity contribution in [3.63, 3.8) is 0 Å². The van der Waals surface area contributed by atoms with Crippen molar-refractivity contribution >= 4 is 0 Å². The molecule has 0 heterocycles. The summed E-state index contributed by atoms with van der Waals surface area (Å²) in [6.07, 6.45) is 0.526. The molecule has 2 N–H and O–H groups in total. The molecule has 0 aliphatic heterocycles. The number of hydrogen-bond donors (Lipinski definition) is 1. The molecule has 0 fully saturated rings. The lowest BCUT2D eigenvalue weighted by Gasteiger charge is -2.17. The normalized spacial score (nSPS) is 12.4. The van der Waals surface area contributed by atoms with Gasteiger partial charge >= 0.3 is 0 Å². The molecule has 2 aromatic rings. The van der Waals surface area contributed by atoms with Gasteiger partial charge in [-0.3, -0.25) is 0 Å². The van der Waals surface area contributed by atoms with Gasteiger partial charge in [0.25, 0.3) is 0 Å². The smallest absolute Gasteiger partial charge is 0.126 e. The average molecular weight is 243 g/mol. The Morgan fingerprint density at radius 3 is 2.22 bits per heavy atom. The third-order valence-corrected chi connectivity index (χ3v) is 3.31. The van der Waals surface area contributed by atoms with Crippen molar-refractivity contribution < 1.29 is 4.39 Å². The largest absolute Gasteiger partial charge is 0.324 e. The van der Waals surface area contributed by atoms with Gasteiger partial charge in [-0.25, -0.2) is 4.39 Å². The van der Waals surface area contributed by atoms with Gasteiger partial charge in [0.1, 0.15) is 5.82 Å². The molecule has 0 aliphatic rings. The van der Waals surface area contributed by atoms with Gasteiger partial charge in [0.2, 0.25) is 0 Å². The minimum Gasteiger partial charge on any atom is -0.324 e. The average Bonchev–Trinajstić information content (AvgIpc) is 2.32. The minimum absolute atomic E-state index is 0.164. The van der Waals surface area contributed by atoms with Crippen molar-refractivity contribution in [2.75, 3.05) is 0 Å². The fourth-order valence-corrected chi connectivity index (χ4v) is 2.42. The molecule has 0 bridgehead atoms. The van der Waals surface area contributed by atoms with Crippen LogP contribution in [0.1, 0.15) is 28.3 Å². The molecule has 94 valence electrons. The molecule has 2 rings (SSSR count). The fraction of sp³-hybridized carbons (Fsp3) is 0.250. The van der Waals surface area contributed by atoms with E-state index >= 15 is 0 Å². The Morgan fingerprint density at radius 1 is 1.00 bits per heavy atom. The topological polar surface area (TPSA) is 26.0 Å². The number of aryl methyl sites for hydroxylation is 2. The van der Waals surface area contributed by atoms with E-state index in [1.54, 1.807) is 12.1 Å². The van der Waals surface area contributed by atoms with E-state index in [1.165, 1.54) is 17.2 Å². The monoisotopic (exact) mass is 243 g/mol. The maximum atomic E-state index is 13.6. The maximum absolute atomic E-state index is 13.6. The number of benzene rings is 2. The second-order valence-electron chi connectivity index (χ2n) is 4.71. The van der Waals surface area contributed by atoms with E-state index < -0.39 is 0 Å². The Labute approximate surface area is 107 Å². The summed E-state index contributed by atoms with van der Waals surface area (Å²) in [6, 6.07) is 12.8. The molecule has 0 spiro atoms. The molecule has 0 aromatic heterocycles. The number of rotatable bonds is 3. The molecule has 0 aliphatic carbocycles. The predicted molar refractivity (Wildman–Crippen MR) is 72.9 cm³/mol. The lowest BCUT2D eigenvalue weighted by atomic mass is 9.92. The summed E-state index contributed by atoms with van der Waals surface area (Å²) in [4.78, 5) is 0. The summed E-state index contributed by atoms with van der Waals surface area (Å²) in [7, 11) is 0.